The number of halogens is 1. The van der Waals surface area contributed by atoms with Gasteiger partial charge in [0.15, 0.2) is 17.1 Å². The number of ketones is 1. The number of carbonyl (C=O) groups is 1. The number of hydrogen-bond donors (Lipinski definition) is 1. The topological polar surface area (TPSA) is 65.2 Å². The maximum absolute atomic E-state index is 12.6. The van der Waals surface area contributed by atoms with E-state index in [-0.39, 0.29) is 5.78 Å². The van der Waals surface area contributed by atoms with E-state index in [1.807, 2.05) is 6.19 Å². The van der Waals surface area contributed by atoms with Gasteiger partial charge in [-0.15, -0.1) is 0 Å². The van der Waals surface area contributed by atoms with Gasteiger partial charge in [-0.05, 0) is 42.7 Å². The van der Waals surface area contributed by atoms with Gasteiger partial charge < -0.3 is 0 Å². The molecule has 4 nitrogen and oxygen atoms in total. The zero-order valence-electron chi connectivity index (χ0n) is 11.7. The van der Waals surface area contributed by atoms with Crippen molar-refractivity contribution in [3.63, 3.8) is 0 Å². The average molecular weight is 330 g/mol. The number of hydrogen-bond acceptors (Lipinski definition) is 4. The van der Waals surface area contributed by atoms with Crippen LogP contribution in [0.5, 0.6) is 0 Å². The minimum atomic E-state index is -0.145. The molecule has 0 amide bonds. The highest BCUT2D eigenvalue weighted by Crippen LogP contribution is 2.23. The van der Waals surface area contributed by atoms with Gasteiger partial charge in [-0.2, -0.15) is 5.26 Å². The Labute approximate surface area is 137 Å². The van der Waals surface area contributed by atoms with E-state index in [1.165, 1.54) is 11.8 Å². The summed E-state index contributed by atoms with van der Waals surface area (Å²) in [5, 5.41) is 12.2. The molecule has 0 aliphatic rings. The Hall–Kier alpha value is -2.29. The van der Waals surface area contributed by atoms with Crippen LogP contribution in [0.3, 0.4) is 0 Å². The molecule has 0 radical (unpaired) electrons. The first-order chi connectivity index (χ1) is 10.7. The van der Waals surface area contributed by atoms with Crippen LogP contribution >= 0.6 is 23.4 Å². The Bertz CT molecular complexity index is 751. The highest BCUT2D eigenvalue weighted by Gasteiger charge is 2.13. The molecule has 0 aliphatic heterocycles. The molecule has 22 heavy (non-hydrogen) atoms. The van der Waals surface area contributed by atoms with Crippen molar-refractivity contribution >= 4 is 40.0 Å². The third-order valence-corrected chi connectivity index (χ3v) is 3.67. The summed E-state index contributed by atoms with van der Waals surface area (Å²) >= 11 is 7.14. The second-order valence-corrected chi connectivity index (χ2v) is 5.44. The van der Waals surface area contributed by atoms with E-state index < -0.39 is 0 Å². The van der Waals surface area contributed by atoms with Crippen LogP contribution in [0.15, 0.2) is 53.5 Å². The van der Waals surface area contributed by atoms with Gasteiger partial charge in [0.05, 0.1) is 5.69 Å². The van der Waals surface area contributed by atoms with Crippen LogP contribution in [0.2, 0.25) is 5.02 Å². The van der Waals surface area contributed by atoms with Crippen LogP contribution in [0.25, 0.3) is 0 Å². The van der Waals surface area contributed by atoms with Gasteiger partial charge in [0, 0.05) is 16.1 Å². The van der Waals surface area contributed by atoms with Crippen LogP contribution in [0, 0.1) is 11.5 Å². The number of thioether (sulfide) groups is 1. The number of para-hydroxylation sites is 1. The molecular weight excluding hydrogens is 318 g/mol. The van der Waals surface area contributed by atoms with Gasteiger partial charge in [0.1, 0.15) is 0 Å². The molecule has 1 N–H and O–H groups in total. The third kappa shape index (κ3) is 3.88. The molecule has 0 heterocycles. The van der Waals surface area contributed by atoms with Crippen molar-refractivity contribution in [2.24, 2.45) is 4.99 Å². The fourth-order valence-corrected chi connectivity index (χ4v) is 2.27. The summed E-state index contributed by atoms with van der Waals surface area (Å²) in [5.74, 6) is -0.145. The first-order valence-electron chi connectivity index (χ1n) is 6.33. The smallest absolute Gasteiger partial charge is 0.195 e. The van der Waals surface area contributed by atoms with Gasteiger partial charge >= 0.3 is 0 Å². The van der Waals surface area contributed by atoms with Crippen LogP contribution < -0.4 is 5.32 Å². The molecule has 0 aliphatic carbocycles. The van der Waals surface area contributed by atoms with E-state index in [1.54, 1.807) is 54.8 Å². The predicted octanol–water partition coefficient (Wildman–Crippen LogP) is 3.99. The Balaban J connectivity index is 2.42. The minimum Gasteiger partial charge on any atom is -0.289 e. The molecule has 0 spiro atoms. The standard InChI is InChI=1S/C16H12ClN3OS/c1-22-16(19-10-18)20-14-5-3-2-4-13(14)15(21)11-6-8-12(17)9-7-11/h2-9H,1H3,(H,19,20). The van der Waals surface area contributed by atoms with Crippen molar-refractivity contribution in [1.82, 2.24) is 5.32 Å². The van der Waals surface area contributed by atoms with Crippen molar-refractivity contribution < 1.29 is 4.79 Å². The number of rotatable bonds is 3. The summed E-state index contributed by atoms with van der Waals surface area (Å²) in [6, 6.07) is 13.7. The second-order valence-electron chi connectivity index (χ2n) is 4.21. The molecule has 110 valence electrons. The van der Waals surface area contributed by atoms with Crippen LogP contribution in [0.1, 0.15) is 15.9 Å². The normalized spacial score (nSPS) is 10.9. The maximum Gasteiger partial charge on any atom is 0.195 e. The molecule has 0 fully saturated rings. The van der Waals surface area contributed by atoms with Crippen LogP contribution in [-0.2, 0) is 0 Å². The number of nitrogens with one attached hydrogen (secondary N) is 1. The van der Waals surface area contributed by atoms with Crippen molar-refractivity contribution in [2.45, 2.75) is 0 Å². The molecule has 0 saturated carbocycles. The van der Waals surface area contributed by atoms with Crippen molar-refractivity contribution in [3.05, 3.63) is 64.7 Å². The first-order valence-corrected chi connectivity index (χ1v) is 7.93. The molecule has 2 rings (SSSR count). The molecule has 0 atom stereocenters. The summed E-state index contributed by atoms with van der Waals surface area (Å²) in [6.45, 7) is 0. The van der Waals surface area contributed by atoms with Gasteiger partial charge in [-0.25, -0.2) is 4.99 Å². The van der Waals surface area contributed by atoms with E-state index in [0.717, 1.165) is 0 Å². The highest BCUT2D eigenvalue weighted by molar-refractivity contribution is 8.13. The Morgan fingerprint density at radius 2 is 1.91 bits per heavy atom. The molecule has 0 unspecified atom stereocenters. The zero-order chi connectivity index (χ0) is 15.9. The van der Waals surface area contributed by atoms with Gasteiger partial charge in [-0.3, -0.25) is 10.1 Å². The fraction of sp³-hybridized carbons (Fsp3) is 0.0625. The Morgan fingerprint density at radius 1 is 1.23 bits per heavy atom. The highest BCUT2D eigenvalue weighted by atomic mass is 35.5. The summed E-state index contributed by atoms with van der Waals surface area (Å²) in [6.07, 6.45) is 3.62. The number of amidine groups is 1. The van der Waals surface area contributed by atoms with E-state index >= 15 is 0 Å². The van der Waals surface area contributed by atoms with E-state index in [0.29, 0.717) is 27.0 Å². The van der Waals surface area contributed by atoms with Gasteiger partial charge in [0.2, 0.25) is 0 Å². The SMILES string of the molecule is CSC(=Nc1ccccc1C(=O)c1ccc(Cl)cc1)NC#N. The summed E-state index contributed by atoms with van der Waals surface area (Å²) in [4.78, 5) is 16.9. The largest absolute Gasteiger partial charge is 0.289 e. The molecule has 2 aromatic rings. The molecule has 0 aromatic heterocycles. The van der Waals surface area contributed by atoms with Crippen molar-refractivity contribution in [1.29, 1.82) is 5.26 Å². The zero-order valence-corrected chi connectivity index (χ0v) is 13.3. The molecule has 0 saturated heterocycles. The van der Waals surface area contributed by atoms with E-state index in [2.05, 4.69) is 10.3 Å². The second kappa shape index (κ2) is 7.64. The number of carbonyl (C=O) groups excluding carboxylic acids is 1. The summed E-state index contributed by atoms with van der Waals surface area (Å²) in [5.41, 5.74) is 1.51. The number of nitriles is 1. The lowest BCUT2D eigenvalue weighted by molar-refractivity contribution is 0.103. The van der Waals surface area contributed by atoms with E-state index in [9.17, 15) is 4.79 Å². The summed E-state index contributed by atoms with van der Waals surface area (Å²) < 4.78 is 0. The van der Waals surface area contributed by atoms with Gasteiger partial charge in [-0.1, -0.05) is 35.5 Å². The lowest BCUT2D eigenvalue weighted by atomic mass is 10.0. The Morgan fingerprint density at radius 3 is 2.55 bits per heavy atom. The van der Waals surface area contributed by atoms with Crippen molar-refractivity contribution in [2.75, 3.05) is 6.26 Å². The molecule has 6 heteroatoms. The Kier molecular flexibility index (Phi) is 5.59. The number of benzene rings is 2. The first kappa shape index (κ1) is 16.1. The monoisotopic (exact) mass is 329 g/mol. The molecule has 0 bridgehead atoms. The lowest BCUT2D eigenvalue weighted by Crippen LogP contribution is -2.13. The number of aliphatic imine (C=N–C) groups is 1. The average Bonchev–Trinajstić information content (AvgIpc) is 2.55. The lowest BCUT2D eigenvalue weighted by Gasteiger charge is -2.06. The number of nitrogens with zero attached hydrogens (tertiary/aromatic N) is 2. The predicted molar refractivity (Wildman–Crippen MR) is 90.7 cm³/mol. The quantitative estimate of drug-likeness (QED) is 0.304. The molecular formula is C16H12ClN3OS. The fourth-order valence-electron chi connectivity index (χ4n) is 1.80. The third-order valence-electron chi connectivity index (χ3n) is 2.83. The van der Waals surface area contributed by atoms with Crippen LogP contribution in [0.4, 0.5) is 5.69 Å². The van der Waals surface area contributed by atoms with Gasteiger partial charge in [0.25, 0.3) is 0 Å². The molecule has 2 aromatic carbocycles. The summed E-state index contributed by atoms with van der Waals surface area (Å²) in [7, 11) is 0. The van der Waals surface area contributed by atoms with Crippen molar-refractivity contribution in [3.8, 4) is 6.19 Å². The van der Waals surface area contributed by atoms with E-state index in [4.69, 9.17) is 16.9 Å². The van der Waals surface area contributed by atoms with Crippen LogP contribution in [-0.4, -0.2) is 17.2 Å². The maximum atomic E-state index is 12.6. The minimum absolute atomic E-state index is 0.145.